The lowest BCUT2D eigenvalue weighted by atomic mass is 9.93. The smallest absolute Gasteiger partial charge is 0.253 e. The van der Waals surface area contributed by atoms with Gasteiger partial charge in [-0.25, -0.2) is 0 Å². The number of hydrogen-bond donors (Lipinski definition) is 1. The monoisotopic (exact) mass is 292 g/mol. The number of carbonyl (C=O) groups excluding carboxylic acids is 1. The van der Waals surface area contributed by atoms with Crippen molar-refractivity contribution in [2.45, 2.75) is 40.7 Å². The van der Waals surface area contributed by atoms with Gasteiger partial charge in [-0.3, -0.25) is 4.79 Å². The van der Waals surface area contributed by atoms with Crippen molar-refractivity contribution < 1.29 is 9.53 Å². The quantitative estimate of drug-likeness (QED) is 0.840. The van der Waals surface area contributed by atoms with Crippen LogP contribution in [0.1, 0.15) is 45.0 Å². The highest BCUT2D eigenvalue weighted by atomic mass is 16.5. The first kappa shape index (κ1) is 17.5. The van der Waals surface area contributed by atoms with Gasteiger partial charge in [0.15, 0.2) is 0 Å². The number of nitrogens with zero attached hydrogens (tertiary/aromatic N) is 1. The summed E-state index contributed by atoms with van der Waals surface area (Å²) in [4.78, 5) is 14.5. The second-order valence-electron chi connectivity index (χ2n) is 6.38. The molecule has 0 aromatic heterocycles. The van der Waals surface area contributed by atoms with Crippen molar-refractivity contribution in [2.75, 3.05) is 19.6 Å². The van der Waals surface area contributed by atoms with Gasteiger partial charge < -0.3 is 15.4 Å². The first-order chi connectivity index (χ1) is 9.79. The van der Waals surface area contributed by atoms with Crippen LogP contribution in [0.25, 0.3) is 0 Å². The minimum absolute atomic E-state index is 0.0215. The number of carbonyl (C=O) groups is 1. The Morgan fingerprint density at radius 1 is 1.38 bits per heavy atom. The predicted molar refractivity (Wildman–Crippen MR) is 86.6 cm³/mol. The Kier molecular flexibility index (Phi) is 6.21. The fourth-order valence-electron chi connectivity index (χ4n) is 2.07. The molecule has 0 unspecified atom stereocenters. The van der Waals surface area contributed by atoms with E-state index in [4.69, 9.17) is 10.5 Å². The molecular weight excluding hydrogens is 264 g/mol. The molecule has 0 radical (unpaired) electrons. The molecule has 1 aromatic rings. The van der Waals surface area contributed by atoms with Crippen molar-refractivity contribution in [2.24, 2.45) is 11.1 Å². The van der Waals surface area contributed by atoms with Crippen LogP contribution in [0.4, 0.5) is 0 Å². The van der Waals surface area contributed by atoms with Crippen molar-refractivity contribution in [3.05, 3.63) is 29.8 Å². The third-order valence-corrected chi connectivity index (χ3v) is 3.29. The average molecular weight is 292 g/mol. The lowest BCUT2D eigenvalue weighted by Gasteiger charge is -2.31. The Hall–Kier alpha value is -1.55. The molecule has 0 aliphatic rings. The van der Waals surface area contributed by atoms with Gasteiger partial charge in [-0.2, -0.15) is 0 Å². The van der Waals surface area contributed by atoms with Crippen LogP contribution in [-0.4, -0.2) is 36.5 Å². The van der Waals surface area contributed by atoms with Crippen molar-refractivity contribution in [3.8, 4) is 5.75 Å². The average Bonchev–Trinajstić information content (AvgIpc) is 2.43. The van der Waals surface area contributed by atoms with Gasteiger partial charge in [0.2, 0.25) is 0 Å². The zero-order valence-electron chi connectivity index (χ0n) is 13.8. The summed E-state index contributed by atoms with van der Waals surface area (Å²) in [6.45, 7) is 11.9. The van der Waals surface area contributed by atoms with Gasteiger partial charge in [0, 0.05) is 18.7 Å². The lowest BCUT2D eigenvalue weighted by Crippen LogP contribution is -2.41. The minimum atomic E-state index is -0.0856. The maximum absolute atomic E-state index is 12.6. The van der Waals surface area contributed by atoms with Crippen LogP contribution in [-0.2, 0) is 0 Å². The third-order valence-electron chi connectivity index (χ3n) is 3.29. The molecule has 4 heteroatoms. The van der Waals surface area contributed by atoms with E-state index in [9.17, 15) is 4.79 Å². The maximum atomic E-state index is 12.6. The second-order valence-corrected chi connectivity index (χ2v) is 6.38. The highest BCUT2D eigenvalue weighted by Crippen LogP contribution is 2.19. The highest BCUT2D eigenvalue weighted by Gasteiger charge is 2.23. The summed E-state index contributed by atoms with van der Waals surface area (Å²) < 4.78 is 5.65. The normalized spacial score (nSPS) is 11.6. The SMILES string of the molecule is CCN(CC(C)(C)CN)C(=O)c1cccc(OC(C)C)c1. The van der Waals surface area contributed by atoms with Crippen molar-refractivity contribution >= 4 is 5.91 Å². The summed E-state index contributed by atoms with van der Waals surface area (Å²) in [6.07, 6.45) is 0.0915. The molecule has 0 spiro atoms. The molecule has 0 saturated heterocycles. The molecular formula is C17H28N2O2. The first-order valence-electron chi connectivity index (χ1n) is 7.55. The largest absolute Gasteiger partial charge is 0.491 e. The van der Waals surface area contributed by atoms with E-state index in [2.05, 4.69) is 13.8 Å². The summed E-state index contributed by atoms with van der Waals surface area (Å²) in [7, 11) is 0. The van der Waals surface area contributed by atoms with Crippen LogP contribution in [0.2, 0.25) is 0 Å². The van der Waals surface area contributed by atoms with E-state index >= 15 is 0 Å². The summed E-state index contributed by atoms with van der Waals surface area (Å²) in [5.74, 6) is 0.748. The number of hydrogen-bond acceptors (Lipinski definition) is 3. The zero-order valence-corrected chi connectivity index (χ0v) is 13.8. The zero-order chi connectivity index (χ0) is 16.0. The standard InChI is InChI=1S/C17H28N2O2/c1-6-19(12-17(4,5)11-18)16(20)14-8-7-9-15(10-14)21-13(2)3/h7-10,13H,6,11-12,18H2,1-5H3. The molecule has 118 valence electrons. The van der Waals surface area contributed by atoms with E-state index in [-0.39, 0.29) is 17.4 Å². The molecule has 0 bridgehead atoms. The number of rotatable bonds is 7. The van der Waals surface area contributed by atoms with E-state index in [1.54, 1.807) is 6.07 Å². The number of benzene rings is 1. The van der Waals surface area contributed by atoms with Gasteiger partial charge >= 0.3 is 0 Å². The summed E-state index contributed by atoms with van der Waals surface area (Å²) in [5.41, 5.74) is 6.34. The van der Waals surface area contributed by atoms with Gasteiger partial charge in [0.25, 0.3) is 5.91 Å². The van der Waals surface area contributed by atoms with E-state index in [0.717, 1.165) is 5.75 Å². The highest BCUT2D eigenvalue weighted by molar-refractivity contribution is 5.94. The third kappa shape index (κ3) is 5.38. The van der Waals surface area contributed by atoms with E-state index in [1.807, 2.05) is 43.9 Å². The van der Waals surface area contributed by atoms with Crippen LogP contribution in [0.5, 0.6) is 5.75 Å². The van der Waals surface area contributed by atoms with Crippen molar-refractivity contribution in [3.63, 3.8) is 0 Å². The predicted octanol–water partition coefficient (Wildman–Crippen LogP) is 2.92. The lowest BCUT2D eigenvalue weighted by molar-refractivity contribution is 0.0700. The second kappa shape index (κ2) is 7.46. The van der Waals surface area contributed by atoms with Crippen LogP contribution < -0.4 is 10.5 Å². The number of nitrogens with two attached hydrogens (primary N) is 1. The molecule has 21 heavy (non-hydrogen) atoms. The van der Waals surface area contributed by atoms with E-state index in [1.165, 1.54) is 0 Å². The Morgan fingerprint density at radius 2 is 2.05 bits per heavy atom. The molecule has 0 fully saturated rings. The van der Waals surface area contributed by atoms with Crippen LogP contribution in [0.15, 0.2) is 24.3 Å². The fourth-order valence-corrected chi connectivity index (χ4v) is 2.07. The Labute approximate surface area is 128 Å². The Bertz CT molecular complexity index is 470. The summed E-state index contributed by atoms with van der Waals surface area (Å²) in [6, 6.07) is 7.36. The van der Waals surface area contributed by atoms with Gasteiger partial charge in [-0.1, -0.05) is 19.9 Å². The molecule has 0 saturated carbocycles. The molecule has 4 nitrogen and oxygen atoms in total. The van der Waals surface area contributed by atoms with Crippen molar-refractivity contribution in [1.29, 1.82) is 0 Å². The minimum Gasteiger partial charge on any atom is -0.491 e. The Morgan fingerprint density at radius 3 is 2.57 bits per heavy atom. The van der Waals surface area contributed by atoms with Crippen LogP contribution >= 0.6 is 0 Å². The topological polar surface area (TPSA) is 55.6 Å². The van der Waals surface area contributed by atoms with Crippen molar-refractivity contribution in [1.82, 2.24) is 4.90 Å². The van der Waals surface area contributed by atoms with E-state index in [0.29, 0.717) is 25.2 Å². The molecule has 1 aromatic carbocycles. The molecule has 2 N–H and O–H groups in total. The van der Waals surface area contributed by atoms with E-state index < -0.39 is 0 Å². The summed E-state index contributed by atoms with van der Waals surface area (Å²) >= 11 is 0. The first-order valence-corrected chi connectivity index (χ1v) is 7.55. The Balaban J connectivity index is 2.90. The molecule has 0 heterocycles. The summed E-state index contributed by atoms with van der Waals surface area (Å²) in [5, 5.41) is 0. The van der Waals surface area contributed by atoms with Gasteiger partial charge in [-0.05, 0) is 50.9 Å². The van der Waals surface area contributed by atoms with Crippen LogP contribution in [0.3, 0.4) is 0 Å². The molecule has 1 amide bonds. The maximum Gasteiger partial charge on any atom is 0.253 e. The molecule has 0 aliphatic carbocycles. The molecule has 1 rings (SSSR count). The number of amides is 1. The van der Waals surface area contributed by atoms with Crippen LogP contribution in [0, 0.1) is 5.41 Å². The van der Waals surface area contributed by atoms with Gasteiger partial charge in [0.1, 0.15) is 5.75 Å². The molecule has 0 aliphatic heterocycles. The van der Waals surface area contributed by atoms with Gasteiger partial charge in [-0.15, -0.1) is 0 Å². The van der Waals surface area contributed by atoms with Gasteiger partial charge in [0.05, 0.1) is 6.10 Å². The fraction of sp³-hybridized carbons (Fsp3) is 0.588. The number of ether oxygens (including phenoxy) is 1. The molecule has 0 atom stereocenters.